The number of hydrogen-bond acceptors (Lipinski definition) is 2. The molecule has 0 aliphatic carbocycles. The predicted molar refractivity (Wildman–Crippen MR) is 77.4 cm³/mol. The van der Waals surface area contributed by atoms with Crippen LogP contribution in [0.1, 0.15) is 36.7 Å². The number of carbonyl (C=O) groups excluding carboxylic acids is 1. The number of aromatic nitrogens is 1. The zero-order valence-electron chi connectivity index (χ0n) is 12.2. The Hall–Kier alpha value is -2.16. The Balaban J connectivity index is 2.16. The average molecular weight is 270 g/mol. The molecule has 3 nitrogen and oxygen atoms in total. The largest absolute Gasteiger partial charge is 0.288 e. The second kappa shape index (κ2) is 5.87. The zero-order chi connectivity index (χ0) is 14.6. The van der Waals surface area contributed by atoms with Crippen LogP contribution in [0.4, 0.5) is 0 Å². The van der Waals surface area contributed by atoms with E-state index in [0.717, 1.165) is 0 Å². The lowest BCUT2D eigenvalue weighted by atomic mass is 9.99. The first kappa shape index (κ1) is 14.3. The average Bonchev–Trinajstić information content (AvgIpc) is 2.45. The van der Waals surface area contributed by atoms with Gasteiger partial charge in [-0.05, 0) is 6.07 Å². The highest BCUT2D eigenvalue weighted by Crippen LogP contribution is 2.11. The van der Waals surface area contributed by atoms with Gasteiger partial charge in [0, 0.05) is 21.8 Å². The summed E-state index contributed by atoms with van der Waals surface area (Å²) in [6, 6.07) is 12.9. The van der Waals surface area contributed by atoms with Gasteiger partial charge in [0.05, 0.1) is 5.56 Å². The van der Waals surface area contributed by atoms with Gasteiger partial charge in [0.15, 0.2) is 12.4 Å². The van der Waals surface area contributed by atoms with Gasteiger partial charge in [0.1, 0.15) is 0 Å². The molecule has 104 valence electrons. The second-order valence-electron chi connectivity index (χ2n) is 5.98. The van der Waals surface area contributed by atoms with Crippen LogP contribution in [-0.2, 0) is 0 Å². The molecule has 1 heterocycles. The fourth-order valence-corrected chi connectivity index (χ4v) is 1.69. The minimum atomic E-state index is -0.000640. The van der Waals surface area contributed by atoms with Crippen molar-refractivity contribution in [1.29, 1.82) is 0 Å². The molecule has 3 heteroatoms. The van der Waals surface area contributed by atoms with Crippen molar-refractivity contribution in [1.82, 2.24) is 0 Å². The maximum absolute atomic E-state index is 12.3. The van der Waals surface area contributed by atoms with Crippen molar-refractivity contribution in [3.63, 3.8) is 0 Å². The minimum Gasteiger partial charge on any atom is -0.288 e. The summed E-state index contributed by atoms with van der Waals surface area (Å²) in [5, 5.41) is 0. The molecule has 0 aliphatic rings. The number of rotatable bonds is 4. The second-order valence-corrected chi connectivity index (χ2v) is 5.98. The SMILES string of the molecule is CC(C)(C)CO[n+]1cccc(C(=O)c2ccccc2)c1. The molecule has 0 radical (unpaired) electrons. The molecule has 20 heavy (non-hydrogen) atoms. The quantitative estimate of drug-likeness (QED) is 0.631. The maximum atomic E-state index is 12.3. The van der Waals surface area contributed by atoms with Crippen LogP contribution in [0.3, 0.4) is 0 Å². The molecule has 0 bridgehead atoms. The predicted octanol–water partition coefficient (Wildman–Crippen LogP) is 2.68. The van der Waals surface area contributed by atoms with Crippen molar-refractivity contribution >= 4 is 5.78 Å². The number of hydrogen-bond donors (Lipinski definition) is 0. The summed E-state index contributed by atoms with van der Waals surface area (Å²) in [5.74, 6) is -0.000640. The first-order valence-electron chi connectivity index (χ1n) is 6.70. The molecule has 0 fully saturated rings. The van der Waals surface area contributed by atoms with E-state index in [9.17, 15) is 4.79 Å². The third kappa shape index (κ3) is 3.92. The smallest absolute Gasteiger partial charge is 0.233 e. The topological polar surface area (TPSA) is 30.2 Å². The van der Waals surface area contributed by atoms with Gasteiger partial charge < -0.3 is 0 Å². The number of pyridine rings is 1. The number of nitrogens with zero attached hydrogens (tertiary/aromatic N) is 1. The summed E-state index contributed by atoms with van der Waals surface area (Å²) in [5.41, 5.74) is 1.38. The van der Waals surface area contributed by atoms with E-state index in [0.29, 0.717) is 17.7 Å². The molecule has 0 saturated carbocycles. The number of benzene rings is 1. The van der Waals surface area contributed by atoms with Gasteiger partial charge in [0.25, 0.3) is 0 Å². The van der Waals surface area contributed by atoms with Crippen LogP contribution >= 0.6 is 0 Å². The fraction of sp³-hybridized carbons (Fsp3) is 0.294. The van der Waals surface area contributed by atoms with Crippen molar-refractivity contribution in [2.24, 2.45) is 5.41 Å². The zero-order valence-corrected chi connectivity index (χ0v) is 12.2. The molecule has 0 saturated heterocycles. The monoisotopic (exact) mass is 270 g/mol. The van der Waals surface area contributed by atoms with Crippen LogP contribution in [0.2, 0.25) is 0 Å². The summed E-state index contributed by atoms with van der Waals surface area (Å²) in [7, 11) is 0. The van der Waals surface area contributed by atoms with Crippen LogP contribution in [0.5, 0.6) is 0 Å². The Morgan fingerprint density at radius 2 is 1.70 bits per heavy atom. The standard InChI is InChI=1S/C17H20NO2/c1-17(2,3)13-20-18-11-7-10-15(12-18)16(19)14-8-5-4-6-9-14/h4-12H,13H2,1-3H3/q+1. The Morgan fingerprint density at radius 1 is 1.05 bits per heavy atom. The molecule has 0 unspecified atom stereocenters. The van der Waals surface area contributed by atoms with Crippen LogP contribution in [-0.4, -0.2) is 12.4 Å². The van der Waals surface area contributed by atoms with E-state index in [-0.39, 0.29) is 11.2 Å². The van der Waals surface area contributed by atoms with Crippen LogP contribution in [0.15, 0.2) is 54.9 Å². The highest BCUT2D eigenvalue weighted by Gasteiger charge is 2.17. The third-order valence-corrected chi connectivity index (χ3v) is 2.72. The molecule has 0 N–H and O–H groups in total. The Kier molecular flexibility index (Phi) is 4.18. The van der Waals surface area contributed by atoms with Crippen molar-refractivity contribution in [3.05, 3.63) is 66.0 Å². The molecule has 0 atom stereocenters. The van der Waals surface area contributed by atoms with Crippen LogP contribution < -0.4 is 9.57 Å². The van der Waals surface area contributed by atoms with E-state index in [2.05, 4.69) is 20.8 Å². The molecule has 2 rings (SSSR count). The molecule has 1 aromatic carbocycles. The normalized spacial score (nSPS) is 11.2. The van der Waals surface area contributed by atoms with E-state index < -0.39 is 0 Å². The lowest BCUT2D eigenvalue weighted by Gasteiger charge is -2.14. The van der Waals surface area contributed by atoms with E-state index in [1.807, 2.05) is 36.4 Å². The summed E-state index contributed by atoms with van der Waals surface area (Å²) in [4.78, 5) is 18.0. The lowest BCUT2D eigenvalue weighted by molar-refractivity contribution is -0.893. The third-order valence-electron chi connectivity index (χ3n) is 2.72. The van der Waals surface area contributed by atoms with Gasteiger partial charge in [0.2, 0.25) is 12.4 Å². The molecule has 2 aromatic rings. The minimum absolute atomic E-state index is 0.000640. The Labute approximate surface area is 119 Å². The maximum Gasteiger partial charge on any atom is 0.233 e. The highest BCUT2D eigenvalue weighted by molar-refractivity contribution is 6.08. The summed E-state index contributed by atoms with van der Waals surface area (Å²) < 4.78 is 1.60. The van der Waals surface area contributed by atoms with Crippen molar-refractivity contribution in [2.75, 3.05) is 6.61 Å². The van der Waals surface area contributed by atoms with Gasteiger partial charge in [-0.25, -0.2) is 0 Å². The lowest BCUT2D eigenvalue weighted by Crippen LogP contribution is -2.45. The Morgan fingerprint density at radius 3 is 2.35 bits per heavy atom. The van der Waals surface area contributed by atoms with Crippen LogP contribution in [0, 0.1) is 5.41 Å². The molecule has 0 aliphatic heterocycles. The van der Waals surface area contributed by atoms with E-state index in [1.54, 1.807) is 23.2 Å². The number of ketones is 1. The van der Waals surface area contributed by atoms with Gasteiger partial charge in [-0.15, -0.1) is 0 Å². The molecule has 0 amide bonds. The molecule has 1 aromatic heterocycles. The summed E-state index contributed by atoms with van der Waals surface area (Å²) >= 11 is 0. The van der Waals surface area contributed by atoms with Gasteiger partial charge in [-0.3, -0.25) is 9.63 Å². The fourth-order valence-electron chi connectivity index (χ4n) is 1.69. The molecular formula is C17H20NO2+. The number of carbonyl (C=O) groups is 1. The molecular weight excluding hydrogens is 250 g/mol. The van der Waals surface area contributed by atoms with E-state index in [4.69, 9.17) is 4.84 Å². The van der Waals surface area contributed by atoms with Gasteiger partial charge in [-0.1, -0.05) is 51.1 Å². The van der Waals surface area contributed by atoms with E-state index in [1.165, 1.54) is 0 Å². The first-order valence-corrected chi connectivity index (χ1v) is 6.70. The van der Waals surface area contributed by atoms with Gasteiger partial charge >= 0.3 is 0 Å². The summed E-state index contributed by atoms with van der Waals surface area (Å²) in [6.07, 6.45) is 3.52. The highest BCUT2D eigenvalue weighted by atomic mass is 16.7. The van der Waals surface area contributed by atoms with Gasteiger partial charge in [-0.2, -0.15) is 0 Å². The summed E-state index contributed by atoms with van der Waals surface area (Å²) in [6.45, 7) is 6.90. The van der Waals surface area contributed by atoms with Crippen molar-refractivity contribution in [2.45, 2.75) is 20.8 Å². The van der Waals surface area contributed by atoms with Crippen molar-refractivity contribution in [3.8, 4) is 0 Å². The first-order chi connectivity index (χ1) is 9.46. The Bertz CT molecular complexity index is 585. The van der Waals surface area contributed by atoms with Crippen LogP contribution in [0.25, 0.3) is 0 Å². The molecule has 0 spiro atoms. The van der Waals surface area contributed by atoms with E-state index >= 15 is 0 Å². The van der Waals surface area contributed by atoms with Crippen molar-refractivity contribution < 1.29 is 14.4 Å².